The summed E-state index contributed by atoms with van der Waals surface area (Å²) >= 11 is 0. The second kappa shape index (κ2) is 8.34. The summed E-state index contributed by atoms with van der Waals surface area (Å²) in [6, 6.07) is 3.81. The molecule has 1 aromatic carbocycles. The molecule has 0 saturated heterocycles. The summed E-state index contributed by atoms with van der Waals surface area (Å²) in [5.41, 5.74) is -5.18. The monoisotopic (exact) mass is 521 g/mol. The van der Waals surface area contributed by atoms with Crippen LogP contribution < -0.4 is 4.74 Å². The van der Waals surface area contributed by atoms with Crippen LogP contribution >= 0.6 is 0 Å². The van der Waals surface area contributed by atoms with Crippen LogP contribution in [0.2, 0.25) is 0 Å². The second-order valence-electron chi connectivity index (χ2n) is 7.40. The van der Waals surface area contributed by atoms with Gasteiger partial charge in [0.25, 0.3) is 0 Å². The number of methoxy groups -OCH3 is 1. The number of ether oxygens (including phenoxy) is 1. The molecular formula is C21H12F9N5O. The number of benzene rings is 1. The van der Waals surface area contributed by atoms with Crippen LogP contribution in [-0.2, 0) is 25.6 Å². The van der Waals surface area contributed by atoms with Gasteiger partial charge in [-0.2, -0.15) is 39.5 Å². The number of aryl methyl sites for hydroxylation is 1. The Morgan fingerprint density at radius 2 is 1.50 bits per heavy atom. The van der Waals surface area contributed by atoms with Gasteiger partial charge >= 0.3 is 18.5 Å². The lowest BCUT2D eigenvalue weighted by Gasteiger charge is -2.12. The average molecular weight is 521 g/mol. The van der Waals surface area contributed by atoms with E-state index < -0.39 is 46.8 Å². The third kappa shape index (κ3) is 4.52. The molecule has 0 aliphatic heterocycles. The van der Waals surface area contributed by atoms with Gasteiger partial charge in [-0.1, -0.05) is 0 Å². The Morgan fingerprint density at radius 1 is 0.806 bits per heavy atom. The molecule has 0 amide bonds. The minimum atomic E-state index is -5.05. The highest BCUT2D eigenvalue weighted by Gasteiger charge is 2.39. The molecular weight excluding hydrogens is 509 g/mol. The first-order valence-electron chi connectivity index (χ1n) is 9.72. The first-order valence-corrected chi connectivity index (χ1v) is 9.72. The fourth-order valence-electron chi connectivity index (χ4n) is 3.37. The Balaban J connectivity index is 1.93. The van der Waals surface area contributed by atoms with Crippen LogP contribution in [0.25, 0.3) is 33.9 Å². The Bertz CT molecular complexity index is 1440. The quantitative estimate of drug-likeness (QED) is 0.303. The van der Waals surface area contributed by atoms with E-state index in [9.17, 15) is 39.5 Å². The molecule has 3 aromatic heterocycles. The van der Waals surface area contributed by atoms with Gasteiger partial charge in [-0.25, -0.2) is 15.0 Å². The topological polar surface area (TPSA) is 65.7 Å². The second-order valence-corrected chi connectivity index (χ2v) is 7.40. The van der Waals surface area contributed by atoms with Gasteiger partial charge in [-0.05, 0) is 30.3 Å². The summed E-state index contributed by atoms with van der Waals surface area (Å²) in [7, 11) is 2.35. The van der Waals surface area contributed by atoms with Crippen LogP contribution in [0.4, 0.5) is 39.5 Å². The first kappa shape index (κ1) is 25.2. The molecule has 3 heterocycles. The van der Waals surface area contributed by atoms with E-state index in [1.165, 1.54) is 7.05 Å². The van der Waals surface area contributed by atoms with Crippen molar-refractivity contribution < 1.29 is 44.3 Å². The molecule has 0 unspecified atom stereocenters. The zero-order chi connectivity index (χ0) is 26.6. The number of aromatic nitrogens is 5. The largest absolute Gasteiger partial charge is 0.496 e. The van der Waals surface area contributed by atoms with Crippen molar-refractivity contribution in [3.05, 3.63) is 53.5 Å². The molecule has 0 fully saturated rings. The molecule has 4 rings (SSSR count). The molecule has 4 aromatic rings. The number of rotatable bonds is 3. The van der Waals surface area contributed by atoms with E-state index in [2.05, 4.69) is 19.9 Å². The van der Waals surface area contributed by atoms with Crippen LogP contribution in [0.15, 0.2) is 36.5 Å². The SMILES string of the molecule is COc1cc(C(F)(F)F)ccc1-c1nc2c(C(F)(F)F)nc(-c3ccc(C(F)(F)F)nc3)nc2n1C. The van der Waals surface area contributed by atoms with Gasteiger partial charge in [-0.3, -0.25) is 4.98 Å². The van der Waals surface area contributed by atoms with Crippen molar-refractivity contribution in [3.8, 4) is 28.5 Å². The van der Waals surface area contributed by atoms with Crippen molar-refractivity contribution in [2.45, 2.75) is 18.5 Å². The van der Waals surface area contributed by atoms with Gasteiger partial charge in [-0.15, -0.1) is 0 Å². The molecule has 15 heteroatoms. The highest BCUT2D eigenvalue weighted by Crippen LogP contribution is 2.40. The van der Waals surface area contributed by atoms with E-state index >= 15 is 0 Å². The molecule has 36 heavy (non-hydrogen) atoms. The van der Waals surface area contributed by atoms with Crippen LogP contribution in [0, 0.1) is 0 Å². The van der Waals surface area contributed by atoms with Gasteiger partial charge < -0.3 is 9.30 Å². The maximum absolute atomic E-state index is 13.9. The van der Waals surface area contributed by atoms with E-state index in [0.717, 1.165) is 23.8 Å². The number of alkyl halides is 9. The number of halogens is 9. The summed E-state index contributed by atoms with van der Waals surface area (Å²) in [5, 5.41) is 0. The number of nitrogens with zero attached hydrogens (tertiary/aromatic N) is 5. The van der Waals surface area contributed by atoms with Gasteiger partial charge in [0.2, 0.25) is 0 Å². The number of fused-ring (bicyclic) bond motifs is 1. The van der Waals surface area contributed by atoms with Crippen LogP contribution in [0.5, 0.6) is 5.75 Å². The third-order valence-electron chi connectivity index (χ3n) is 5.07. The molecule has 0 radical (unpaired) electrons. The van der Waals surface area contributed by atoms with Gasteiger partial charge in [0, 0.05) is 18.8 Å². The van der Waals surface area contributed by atoms with Gasteiger partial charge in [0.05, 0.1) is 18.2 Å². The molecule has 190 valence electrons. The number of hydrogen-bond acceptors (Lipinski definition) is 5. The van der Waals surface area contributed by atoms with Crippen LogP contribution in [-0.4, -0.2) is 31.6 Å². The molecule has 0 atom stereocenters. The van der Waals surface area contributed by atoms with Crippen molar-refractivity contribution in [1.29, 1.82) is 0 Å². The summed E-state index contributed by atoms with van der Waals surface area (Å²) in [4.78, 5) is 14.6. The molecule has 0 bridgehead atoms. The van der Waals surface area contributed by atoms with E-state index in [4.69, 9.17) is 4.74 Å². The zero-order valence-electron chi connectivity index (χ0n) is 18.0. The van der Waals surface area contributed by atoms with Crippen molar-refractivity contribution in [1.82, 2.24) is 24.5 Å². The normalized spacial score (nSPS) is 12.9. The number of pyridine rings is 1. The lowest BCUT2D eigenvalue weighted by molar-refractivity contribution is -0.141. The lowest BCUT2D eigenvalue weighted by Crippen LogP contribution is -2.12. The molecule has 6 nitrogen and oxygen atoms in total. The highest BCUT2D eigenvalue weighted by molar-refractivity contribution is 5.82. The minimum Gasteiger partial charge on any atom is -0.496 e. The zero-order valence-corrected chi connectivity index (χ0v) is 18.0. The standard InChI is InChI=1S/C21H12F9N5O/c1-35-17(11-5-4-10(19(22,23)24)7-12(11)36-2)32-14-15(21(28,29)30)33-16(34-18(14)35)9-3-6-13(31-8-9)20(25,26)27/h3-8H,1-2H3. The van der Waals surface area contributed by atoms with Gasteiger partial charge in [0.1, 0.15) is 22.8 Å². The lowest BCUT2D eigenvalue weighted by atomic mass is 10.1. The molecule has 0 N–H and O–H groups in total. The predicted octanol–water partition coefficient (Wildman–Crippen LogP) is 6.16. The Hall–Kier alpha value is -3.91. The maximum Gasteiger partial charge on any atom is 0.435 e. The molecule has 0 spiro atoms. The Labute approximate surface area is 195 Å². The highest BCUT2D eigenvalue weighted by atomic mass is 19.4. The molecule has 0 saturated carbocycles. The van der Waals surface area contributed by atoms with Crippen molar-refractivity contribution >= 4 is 11.2 Å². The first-order chi connectivity index (χ1) is 16.6. The van der Waals surface area contributed by atoms with Crippen LogP contribution in [0.1, 0.15) is 17.0 Å². The Morgan fingerprint density at radius 3 is 2.03 bits per heavy atom. The molecule has 0 aliphatic rings. The summed E-state index contributed by atoms with van der Waals surface area (Å²) in [6.45, 7) is 0. The fourth-order valence-corrected chi connectivity index (χ4v) is 3.37. The van der Waals surface area contributed by atoms with Gasteiger partial charge in [0.15, 0.2) is 17.2 Å². The molecule has 0 aliphatic carbocycles. The fraction of sp³-hybridized carbons (Fsp3) is 0.238. The van der Waals surface area contributed by atoms with Crippen molar-refractivity contribution in [2.75, 3.05) is 7.11 Å². The third-order valence-corrected chi connectivity index (χ3v) is 5.07. The van der Waals surface area contributed by atoms with E-state index in [0.29, 0.717) is 24.4 Å². The van der Waals surface area contributed by atoms with Crippen molar-refractivity contribution in [2.24, 2.45) is 7.05 Å². The van der Waals surface area contributed by atoms with E-state index in [1.54, 1.807) is 0 Å². The average Bonchev–Trinajstić information content (AvgIpc) is 3.12. The minimum absolute atomic E-state index is 0.0585. The van der Waals surface area contributed by atoms with E-state index in [1.807, 2.05) is 0 Å². The smallest absolute Gasteiger partial charge is 0.435 e. The summed E-state index contributed by atoms with van der Waals surface area (Å²) in [6.07, 6.45) is -13.8. The van der Waals surface area contributed by atoms with Crippen molar-refractivity contribution in [3.63, 3.8) is 0 Å². The maximum atomic E-state index is 13.9. The summed E-state index contributed by atoms with van der Waals surface area (Å²) in [5.74, 6) is -1.10. The summed E-state index contributed by atoms with van der Waals surface area (Å²) < 4.78 is 125. The predicted molar refractivity (Wildman–Crippen MR) is 107 cm³/mol. The number of hydrogen-bond donors (Lipinski definition) is 0. The Kier molecular flexibility index (Phi) is 5.84. The van der Waals surface area contributed by atoms with Crippen LogP contribution in [0.3, 0.4) is 0 Å². The van der Waals surface area contributed by atoms with E-state index in [-0.39, 0.29) is 28.3 Å². The number of imidazole rings is 1.